The second kappa shape index (κ2) is 6.22. The van der Waals surface area contributed by atoms with Gasteiger partial charge in [-0.25, -0.2) is 0 Å². The number of carboxylic acids is 1. The molecule has 2 rings (SSSR count). The molecule has 0 amide bonds. The third-order valence-corrected chi connectivity index (χ3v) is 3.95. The number of nitrogens with zero attached hydrogens (tertiary/aromatic N) is 2. The molecule has 1 aliphatic rings. The molecule has 1 heterocycles. The molecule has 0 bridgehead atoms. The van der Waals surface area contributed by atoms with Gasteiger partial charge in [-0.3, -0.25) is 19.8 Å². The number of hydrogen-bond donors (Lipinski definition) is 1. The minimum absolute atomic E-state index is 0.0815. The first kappa shape index (κ1) is 15.4. The summed E-state index contributed by atoms with van der Waals surface area (Å²) in [6.45, 7) is 5.00. The maximum atomic E-state index is 11.2. The fourth-order valence-electron chi connectivity index (χ4n) is 2.86. The summed E-state index contributed by atoms with van der Waals surface area (Å²) in [6, 6.07) is 4.74. The van der Waals surface area contributed by atoms with E-state index in [1.807, 2.05) is 24.8 Å². The minimum Gasteiger partial charge on any atom is -0.480 e. The predicted molar refractivity (Wildman–Crippen MR) is 78.3 cm³/mol. The van der Waals surface area contributed by atoms with Gasteiger partial charge in [-0.05, 0) is 30.9 Å². The van der Waals surface area contributed by atoms with Gasteiger partial charge in [0.2, 0.25) is 0 Å². The Bertz CT molecular complexity index is 557. The Morgan fingerprint density at radius 2 is 2.24 bits per heavy atom. The largest absolute Gasteiger partial charge is 0.480 e. The van der Waals surface area contributed by atoms with Gasteiger partial charge in [0, 0.05) is 18.2 Å². The van der Waals surface area contributed by atoms with Crippen LogP contribution in [0.5, 0.6) is 0 Å². The molecule has 0 aliphatic carbocycles. The molecule has 0 aromatic heterocycles. The Hall–Kier alpha value is -1.95. The van der Waals surface area contributed by atoms with E-state index in [-0.39, 0.29) is 16.5 Å². The van der Waals surface area contributed by atoms with E-state index in [4.69, 9.17) is 0 Å². The standard InChI is InChI=1S/C15H20N2O4/c1-10(2)12-6-5-11(8-14(12)17(20)21)9-16-7-3-4-13(16)15(18)19/h5-6,8,10,13H,3-4,7,9H2,1-2H3,(H,18,19). The highest BCUT2D eigenvalue weighted by Gasteiger charge is 2.30. The lowest BCUT2D eigenvalue weighted by molar-refractivity contribution is -0.385. The lowest BCUT2D eigenvalue weighted by Crippen LogP contribution is -2.35. The lowest BCUT2D eigenvalue weighted by atomic mass is 9.99. The third-order valence-electron chi connectivity index (χ3n) is 3.95. The van der Waals surface area contributed by atoms with Gasteiger partial charge in [0.25, 0.3) is 5.69 Å². The van der Waals surface area contributed by atoms with Crippen molar-refractivity contribution in [2.45, 2.75) is 45.2 Å². The van der Waals surface area contributed by atoms with Crippen molar-refractivity contribution in [3.63, 3.8) is 0 Å². The van der Waals surface area contributed by atoms with Crippen molar-refractivity contribution in [2.75, 3.05) is 6.54 Å². The van der Waals surface area contributed by atoms with Crippen LogP contribution in [0, 0.1) is 10.1 Å². The first-order valence-corrected chi connectivity index (χ1v) is 7.14. The normalized spacial score (nSPS) is 19.1. The summed E-state index contributed by atoms with van der Waals surface area (Å²) < 4.78 is 0. The molecule has 1 aliphatic heterocycles. The summed E-state index contributed by atoms with van der Waals surface area (Å²) in [5, 5.41) is 20.4. The van der Waals surface area contributed by atoms with E-state index < -0.39 is 12.0 Å². The van der Waals surface area contributed by atoms with Gasteiger partial charge < -0.3 is 5.11 Å². The molecule has 1 N–H and O–H groups in total. The molecular weight excluding hydrogens is 272 g/mol. The molecule has 1 saturated heterocycles. The number of nitro benzene ring substituents is 1. The maximum Gasteiger partial charge on any atom is 0.320 e. The molecule has 1 atom stereocenters. The predicted octanol–water partition coefficient (Wildman–Crippen LogP) is 2.77. The van der Waals surface area contributed by atoms with E-state index in [0.717, 1.165) is 18.5 Å². The summed E-state index contributed by atoms with van der Waals surface area (Å²) in [4.78, 5) is 23.9. The highest BCUT2D eigenvalue weighted by atomic mass is 16.6. The quantitative estimate of drug-likeness (QED) is 0.666. The highest BCUT2D eigenvalue weighted by molar-refractivity contribution is 5.73. The van der Waals surface area contributed by atoms with Gasteiger partial charge in [0.15, 0.2) is 0 Å². The average Bonchev–Trinajstić information content (AvgIpc) is 2.86. The van der Waals surface area contributed by atoms with Crippen molar-refractivity contribution in [2.24, 2.45) is 0 Å². The summed E-state index contributed by atoms with van der Waals surface area (Å²) in [7, 11) is 0. The van der Waals surface area contributed by atoms with Gasteiger partial charge in [-0.15, -0.1) is 0 Å². The molecule has 0 radical (unpaired) electrons. The van der Waals surface area contributed by atoms with Crippen molar-refractivity contribution in [3.05, 3.63) is 39.4 Å². The highest BCUT2D eigenvalue weighted by Crippen LogP contribution is 2.29. The molecule has 0 saturated carbocycles. The Morgan fingerprint density at radius 1 is 1.52 bits per heavy atom. The zero-order chi connectivity index (χ0) is 15.6. The zero-order valence-corrected chi connectivity index (χ0v) is 12.3. The monoisotopic (exact) mass is 292 g/mol. The molecule has 1 unspecified atom stereocenters. The van der Waals surface area contributed by atoms with Crippen LogP contribution in [0.3, 0.4) is 0 Å². The second-order valence-corrected chi connectivity index (χ2v) is 5.77. The topological polar surface area (TPSA) is 83.7 Å². The van der Waals surface area contributed by atoms with Gasteiger partial charge in [-0.1, -0.05) is 26.0 Å². The van der Waals surface area contributed by atoms with Crippen LogP contribution < -0.4 is 0 Å². The molecule has 6 nitrogen and oxygen atoms in total. The SMILES string of the molecule is CC(C)c1ccc(CN2CCCC2C(=O)O)cc1[N+](=O)[O-]. The fraction of sp³-hybridized carbons (Fsp3) is 0.533. The molecule has 1 fully saturated rings. The van der Waals surface area contributed by atoms with Crippen LogP contribution in [-0.2, 0) is 11.3 Å². The molecule has 0 spiro atoms. The summed E-state index contributed by atoms with van der Waals surface area (Å²) in [5.74, 6) is -0.737. The summed E-state index contributed by atoms with van der Waals surface area (Å²) >= 11 is 0. The number of aliphatic carboxylic acids is 1. The number of benzene rings is 1. The van der Waals surface area contributed by atoms with Gasteiger partial charge in [0.1, 0.15) is 6.04 Å². The van der Waals surface area contributed by atoms with Gasteiger partial charge in [-0.2, -0.15) is 0 Å². The first-order valence-electron chi connectivity index (χ1n) is 7.14. The van der Waals surface area contributed by atoms with Crippen LogP contribution in [0.25, 0.3) is 0 Å². The Balaban J connectivity index is 2.23. The third kappa shape index (κ3) is 3.39. The van der Waals surface area contributed by atoms with E-state index in [9.17, 15) is 20.0 Å². The Kier molecular flexibility index (Phi) is 4.57. The van der Waals surface area contributed by atoms with Crippen LogP contribution in [-0.4, -0.2) is 33.5 Å². The van der Waals surface area contributed by atoms with Crippen molar-refractivity contribution >= 4 is 11.7 Å². The van der Waals surface area contributed by atoms with Crippen LogP contribution in [0.2, 0.25) is 0 Å². The first-order chi connectivity index (χ1) is 9.90. The van der Waals surface area contributed by atoms with Crippen molar-refractivity contribution in [3.8, 4) is 0 Å². The number of likely N-dealkylation sites (tertiary alicyclic amines) is 1. The van der Waals surface area contributed by atoms with Crippen molar-refractivity contribution < 1.29 is 14.8 Å². The molecule has 114 valence electrons. The van der Waals surface area contributed by atoms with Gasteiger partial charge >= 0.3 is 5.97 Å². The molecule has 21 heavy (non-hydrogen) atoms. The maximum absolute atomic E-state index is 11.2. The molecule has 1 aromatic rings. The molecular formula is C15H20N2O4. The second-order valence-electron chi connectivity index (χ2n) is 5.77. The Labute approximate surface area is 123 Å². The smallest absolute Gasteiger partial charge is 0.320 e. The van der Waals surface area contributed by atoms with E-state index in [2.05, 4.69) is 0 Å². The van der Waals surface area contributed by atoms with E-state index in [0.29, 0.717) is 18.5 Å². The summed E-state index contributed by atoms with van der Waals surface area (Å²) in [6.07, 6.45) is 1.49. The van der Waals surface area contributed by atoms with Crippen molar-refractivity contribution in [1.29, 1.82) is 0 Å². The zero-order valence-electron chi connectivity index (χ0n) is 12.3. The number of rotatable bonds is 5. The van der Waals surface area contributed by atoms with Crippen molar-refractivity contribution in [1.82, 2.24) is 4.90 Å². The van der Waals surface area contributed by atoms with Crippen LogP contribution in [0.1, 0.15) is 43.7 Å². The van der Waals surface area contributed by atoms with Crippen LogP contribution >= 0.6 is 0 Å². The Morgan fingerprint density at radius 3 is 2.81 bits per heavy atom. The van der Waals surface area contributed by atoms with E-state index >= 15 is 0 Å². The van der Waals surface area contributed by atoms with E-state index in [1.165, 1.54) is 0 Å². The number of nitro groups is 1. The minimum atomic E-state index is -0.819. The lowest BCUT2D eigenvalue weighted by Gasteiger charge is -2.21. The number of hydrogen-bond acceptors (Lipinski definition) is 4. The van der Waals surface area contributed by atoms with E-state index in [1.54, 1.807) is 12.1 Å². The van der Waals surface area contributed by atoms with Gasteiger partial charge in [0.05, 0.1) is 4.92 Å². The fourth-order valence-corrected chi connectivity index (χ4v) is 2.86. The van der Waals surface area contributed by atoms with Crippen LogP contribution in [0.15, 0.2) is 18.2 Å². The number of carbonyl (C=O) groups is 1. The molecule has 6 heteroatoms. The molecule has 1 aromatic carbocycles. The number of carboxylic acid groups (broad SMARTS) is 1. The summed E-state index contributed by atoms with van der Waals surface area (Å²) in [5.41, 5.74) is 1.62. The van der Waals surface area contributed by atoms with Crippen LogP contribution in [0.4, 0.5) is 5.69 Å². The average molecular weight is 292 g/mol.